The molecule has 1 aromatic heterocycles. The van der Waals surface area contributed by atoms with E-state index in [2.05, 4.69) is 21.6 Å². The summed E-state index contributed by atoms with van der Waals surface area (Å²) in [5.74, 6) is 0.806. The van der Waals surface area contributed by atoms with Crippen LogP contribution >= 0.6 is 11.3 Å². The van der Waals surface area contributed by atoms with Gasteiger partial charge < -0.3 is 10.1 Å². The van der Waals surface area contributed by atoms with E-state index in [9.17, 15) is 0 Å². The number of aryl methyl sites for hydroxylation is 2. The van der Waals surface area contributed by atoms with Crippen molar-refractivity contribution in [3.8, 4) is 11.8 Å². The van der Waals surface area contributed by atoms with Crippen LogP contribution in [0.25, 0.3) is 0 Å². The minimum Gasteiger partial charge on any atom is -0.486 e. The van der Waals surface area contributed by atoms with Gasteiger partial charge in [-0.15, -0.1) is 10.2 Å². The summed E-state index contributed by atoms with van der Waals surface area (Å²) in [6.07, 6.45) is 0. The van der Waals surface area contributed by atoms with Gasteiger partial charge in [-0.25, -0.2) is 0 Å². The quantitative estimate of drug-likeness (QED) is 0.928. The number of rotatable bonds is 4. The van der Waals surface area contributed by atoms with Gasteiger partial charge >= 0.3 is 0 Å². The Morgan fingerprint density at radius 1 is 1.32 bits per heavy atom. The van der Waals surface area contributed by atoms with Crippen molar-refractivity contribution in [2.75, 3.05) is 12.4 Å². The number of ether oxygens (including phenoxy) is 1. The number of hydrogen-bond acceptors (Lipinski definition) is 6. The fourth-order valence-corrected chi connectivity index (χ4v) is 2.40. The highest BCUT2D eigenvalue weighted by Gasteiger charge is 2.09. The molecule has 19 heavy (non-hydrogen) atoms. The fraction of sp³-hybridized carbons (Fsp3) is 0.308. The average molecular weight is 274 g/mol. The molecule has 0 saturated heterocycles. The van der Waals surface area contributed by atoms with Crippen LogP contribution in [0.15, 0.2) is 12.1 Å². The molecule has 0 aliphatic heterocycles. The van der Waals surface area contributed by atoms with Gasteiger partial charge in [-0.1, -0.05) is 11.3 Å². The lowest BCUT2D eigenvalue weighted by molar-refractivity contribution is 0.300. The molecular weight excluding hydrogens is 260 g/mol. The van der Waals surface area contributed by atoms with Crippen molar-refractivity contribution in [2.45, 2.75) is 20.5 Å². The van der Waals surface area contributed by atoms with Crippen molar-refractivity contribution in [2.24, 2.45) is 0 Å². The van der Waals surface area contributed by atoms with Gasteiger partial charge in [0, 0.05) is 7.05 Å². The third-order valence-corrected chi connectivity index (χ3v) is 3.52. The predicted octanol–water partition coefficient (Wildman–Crippen LogP) is 2.65. The van der Waals surface area contributed by atoms with E-state index in [4.69, 9.17) is 10.00 Å². The van der Waals surface area contributed by atoms with E-state index in [1.165, 1.54) is 11.3 Å². The number of hydrogen-bond donors (Lipinski definition) is 1. The lowest BCUT2D eigenvalue weighted by Gasteiger charge is -2.11. The van der Waals surface area contributed by atoms with E-state index in [-0.39, 0.29) is 0 Å². The second kappa shape index (κ2) is 5.67. The SMILES string of the molecule is CNc1nnc(COc2c(C)cc(C#N)cc2C)s1. The molecule has 1 aromatic carbocycles. The van der Waals surface area contributed by atoms with Crippen LogP contribution in [0.3, 0.4) is 0 Å². The highest BCUT2D eigenvalue weighted by atomic mass is 32.1. The molecule has 2 aromatic rings. The summed E-state index contributed by atoms with van der Waals surface area (Å²) in [6, 6.07) is 5.78. The van der Waals surface area contributed by atoms with E-state index in [0.717, 1.165) is 27.0 Å². The third-order valence-electron chi connectivity index (χ3n) is 2.61. The first-order valence-electron chi connectivity index (χ1n) is 5.78. The van der Waals surface area contributed by atoms with Crippen LogP contribution < -0.4 is 10.1 Å². The first-order chi connectivity index (χ1) is 9.13. The highest BCUT2D eigenvalue weighted by Crippen LogP contribution is 2.26. The van der Waals surface area contributed by atoms with Crippen molar-refractivity contribution in [3.63, 3.8) is 0 Å². The summed E-state index contributed by atoms with van der Waals surface area (Å²) in [5.41, 5.74) is 2.56. The van der Waals surface area contributed by atoms with Gasteiger partial charge in [0.1, 0.15) is 12.4 Å². The molecule has 98 valence electrons. The Morgan fingerprint density at radius 2 is 2.00 bits per heavy atom. The number of nitrogens with one attached hydrogen (secondary N) is 1. The maximum atomic E-state index is 8.90. The summed E-state index contributed by atoms with van der Waals surface area (Å²) in [4.78, 5) is 0. The summed E-state index contributed by atoms with van der Waals surface area (Å²) in [5, 5.41) is 21.4. The number of aromatic nitrogens is 2. The van der Waals surface area contributed by atoms with Crippen LogP contribution in [0.4, 0.5) is 5.13 Å². The molecule has 0 bridgehead atoms. The second-order valence-electron chi connectivity index (χ2n) is 4.09. The topological polar surface area (TPSA) is 70.8 Å². The lowest BCUT2D eigenvalue weighted by atomic mass is 10.1. The highest BCUT2D eigenvalue weighted by molar-refractivity contribution is 7.15. The van der Waals surface area contributed by atoms with Gasteiger partial charge in [-0.2, -0.15) is 5.26 Å². The summed E-state index contributed by atoms with van der Waals surface area (Å²) in [7, 11) is 1.81. The number of anilines is 1. The van der Waals surface area contributed by atoms with Crippen LogP contribution in [0.5, 0.6) is 5.75 Å². The first-order valence-corrected chi connectivity index (χ1v) is 6.60. The minimum atomic E-state index is 0.382. The Bertz CT molecular complexity index is 607. The molecule has 0 unspecified atom stereocenters. The molecule has 1 heterocycles. The molecule has 0 aliphatic carbocycles. The van der Waals surface area contributed by atoms with Crippen LogP contribution in [-0.4, -0.2) is 17.2 Å². The largest absolute Gasteiger partial charge is 0.486 e. The zero-order valence-electron chi connectivity index (χ0n) is 11.0. The molecule has 0 spiro atoms. The van der Waals surface area contributed by atoms with Crippen LogP contribution in [-0.2, 0) is 6.61 Å². The van der Waals surface area contributed by atoms with Crippen LogP contribution in [0.2, 0.25) is 0 Å². The predicted molar refractivity (Wildman–Crippen MR) is 74.4 cm³/mol. The molecule has 0 radical (unpaired) electrons. The van der Waals surface area contributed by atoms with Gasteiger partial charge in [0.2, 0.25) is 5.13 Å². The second-order valence-corrected chi connectivity index (χ2v) is 5.15. The van der Waals surface area contributed by atoms with E-state index in [1.54, 1.807) is 7.05 Å². The number of benzene rings is 1. The van der Waals surface area contributed by atoms with Gasteiger partial charge in [-0.05, 0) is 37.1 Å². The van der Waals surface area contributed by atoms with E-state index in [0.29, 0.717) is 12.2 Å². The summed E-state index contributed by atoms with van der Waals surface area (Å²) >= 11 is 1.46. The molecule has 0 atom stereocenters. The zero-order valence-corrected chi connectivity index (χ0v) is 11.8. The molecule has 1 N–H and O–H groups in total. The number of nitrogens with zero attached hydrogens (tertiary/aromatic N) is 3. The summed E-state index contributed by atoms with van der Waals surface area (Å²) < 4.78 is 5.78. The van der Waals surface area contributed by atoms with Crippen molar-refractivity contribution in [1.29, 1.82) is 5.26 Å². The number of nitriles is 1. The Morgan fingerprint density at radius 3 is 2.53 bits per heavy atom. The van der Waals surface area contributed by atoms with Crippen molar-refractivity contribution >= 4 is 16.5 Å². The third kappa shape index (κ3) is 3.01. The van der Waals surface area contributed by atoms with Crippen molar-refractivity contribution < 1.29 is 4.74 Å². The summed E-state index contributed by atoms with van der Waals surface area (Å²) in [6.45, 7) is 4.25. The van der Waals surface area contributed by atoms with E-state index < -0.39 is 0 Å². The first kappa shape index (κ1) is 13.3. The van der Waals surface area contributed by atoms with Crippen LogP contribution in [0, 0.1) is 25.2 Å². The standard InChI is InChI=1S/C13H14N4OS/c1-8-4-10(6-14)5-9(2)12(8)18-7-11-16-17-13(15-3)19-11/h4-5H,7H2,1-3H3,(H,15,17). The maximum absolute atomic E-state index is 8.90. The van der Waals surface area contributed by atoms with Gasteiger partial charge in [0.15, 0.2) is 5.01 Å². The Kier molecular flexibility index (Phi) is 3.97. The molecule has 5 nitrogen and oxygen atoms in total. The normalized spacial score (nSPS) is 10.0. The van der Waals surface area contributed by atoms with Gasteiger partial charge in [0.05, 0.1) is 11.6 Å². The molecule has 2 rings (SSSR count). The van der Waals surface area contributed by atoms with Crippen LogP contribution in [0.1, 0.15) is 21.7 Å². The van der Waals surface area contributed by atoms with Crippen molar-refractivity contribution in [3.05, 3.63) is 33.8 Å². The minimum absolute atomic E-state index is 0.382. The fourth-order valence-electron chi connectivity index (χ4n) is 1.79. The monoisotopic (exact) mass is 274 g/mol. The zero-order chi connectivity index (χ0) is 13.8. The molecule has 6 heteroatoms. The average Bonchev–Trinajstić information content (AvgIpc) is 2.85. The van der Waals surface area contributed by atoms with E-state index >= 15 is 0 Å². The molecular formula is C13H14N4OS. The molecule has 0 saturated carbocycles. The maximum Gasteiger partial charge on any atom is 0.205 e. The molecule has 0 aliphatic rings. The smallest absolute Gasteiger partial charge is 0.205 e. The van der Waals surface area contributed by atoms with Gasteiger partial charge in [-0.3, -0.25) is 0 Å². The Labute approximate surface area is 115 Å². The molecule has 0 fully saturated rings. The Hall–Kier alpha value is -2.13. The Balaban J connectivity index is 2.13. The lowest BCUT2D eigenvalue weighted by Crippen LogP contribution is -1.99. The van der Waals surface area contributed by atoms with E-state index in [1.807, 2.05) is 26.0 Å². The van der Waals surface area contributed by atoms with Gasteiger partial charge in [0.25, 0.3) is 0 Å². The molecule has 0 amide bonds. The van der Waals surface area contributed by atoms with Crippen molar-refractivity contribution in [1.82, 2.24) is 10.2 Å².